The van der Waals surface area contributed by atoms with Gasteiger partial charge in [-0.25, -0.2) is 4.39 Å². The molecule has 1 aromatic heterocycles. The molecule has 1 aliphatic rings. The maximum absolute atomic E-state index is 14.2. The van der Waals surface area contributed by atoms with Crippen molar-refractivity contribution in [2.24, 2.45) is 7.05 Å². The van der Waals surface area contributed by atoms with Crippen LogP contribution in [0.15, 0.2) is 12.3 Å². The van der Waals surface area contributed by atoms with Gasteiger partial charge in [-0.1, -0.05) is 0 Å². The molecule has 1 N–H and O–H groups in total. The smallest absolute Gasteiger partial charge is 0.123 e. The molecule has 84 valence electrons. The lowest BCUT2D eigenvalue weighted by atomic mass is 9.90. The summed E-state index contributed by atoms with van der Waals surface area (Å²) in [7, 11) is 1.90. The van der Waals surface area contributed by atoms with Gasteiger partial charge in [0.2, 0.25) is 0 Å². The zero-order valence-corrected chi connectivity index (χ0v) is 9.17. The van der Waals surface area contributed by atoms with Gasteiger partial charge in [0.25, 0.3) is 0 Å². The predicted octanol–water partition coefficient (Wildman–Crippen LogP) is 1.44. The molecule has 0 spiro atoms. The van der Waals surface area contributed by atoms with E-state index in [2.05, 4.69) is 10.4 Å². The third kappa shape index (κ3) is 2.56. The van der Waals surface area contributed by atoms with Gasteiger partial charge in [-0.2, -0.15) is 5.10 Å². The summed E-state index contributed by atoms with van der Waals surface area (Å²) in [5, 5.41) is 7.20. The highest BCUT2D eigenvalue weighted by molar-refractivity contribution is 5.02. The highest BCUT2D eigenvalue weighted by atomic mass is 19.1. The Bertz CT molecular complexity index is 315. The van der Waals surface area contributed by atoms with Gasteiger partial charge < -0.3 is 5.32 Å². The number of aromatic nitrogens is 2. The molecule has 0 bridgehead atoms. The molecule has 0 amide bonds. The van der Waals surface area contributed by atoms with Gasteiger partial charge in [-0.3, -0.25) is 4.68 Å². The molecule has 0 aromatic carbocycles. The van der Waals surface area contributed by atoms with Gasteiger partial charge >= 0.3 is 0 Å². The molecule has 0 aliphatic carbocycles. The number of aryl methyl sites for hydroxylation is 2. The molecule has 1 saturated heterocycles. The molecule has 4 heteroatoms. The second-order valence-electron chi connectivity index (χ2n) is 4.38. The number of halogens is 1. The molecule has 2 rings (SSSR count). The van der Waals surface area contributed by atoms with E-state index in [1.54, 1.807) is 6.20 Å². The van der Waals surface area contributed by atoms with Gasteiger partial charge in [0.05, 0.1) is 0 Å². The van der Waals surface area contributed by atoms with Crippen LogP contribution in [0.25, 0.3) is 0 Å². The highest BCUT2D eigenvalue weighted by Gasteiger charge is 2.31. The van der Waals surface area contributed by atoms with E-state index in [1.165, 1.54) is 0 Å². The van der Waals surface area contributed by atoms with Crippen LogP contribution in [-0.2, 0) is 13.5 Å². The van der Waals surface area contributed by atoms with Crippen molar-refractivity contribution in [2.45, 2.75) is 31.4 Å². The second-order valence-corrected chi connectivity index (χ2v) is 4.38. The molecule has 0 radical (unpaired) electrons. The standard InChI is InChI=1S/C11H18FN3/c1-15-10(4-8-14-15)3-6-11(12)5-2-7-13-9-11/h4,8,13H,2-3,5-7,9H2,1H3. The van der Waals surface area contributed by atoms with E-state index >= 15 is 0 Å². The molecule has 1 aromatic rings. The summed E-state index contributed by atoms with van der Waals surface area (Å²) in [6.07, 6.45) is 4.77. The Kier molecular flexibility index (Phi) is 3.05. The average molecular weight is 211 g/mol. The van der Waals surface area contributed by atoms with Crippen LogP contribution in [-0.4, -0.2) is 28.5 Å². The normalized spacial score (nSPS) is 26.8. The minimum absolute atomic E-state index is 0.505. The Morgan fingerprint density at radius 3 is 3.13 bits per heavy atom. The first-order valence-corrected chi connectivity index (χ1v) is 5.56. The van der Waals surface area contributed by atoms with Crippen LogP contribution >= 0.6 is 0 Å². The van der Waals surface area contributed by atoms with Crippen LogP contribution in [0, 0.1) is 0 Å². The van der Waals surface area contributed by atoms with Crippen molar-refractivity contribution in [2.75, 3.05) is 13.1 Å². The molecule has 1 unspecified atom stereocenters. The number of nitrogens with zero attached hydrogens (tertiary/aromatic N) is 2. The topological polar surface area (TPSA) is 29.9 Å². The van der Waals surface area contributed by atoms with Crippen molar-refractivity contribution in [1.82, 2.24) is 15.1 Å². The third-order valence-electron chi connectivity index (χ3n) is 3.17. The first-order valence-electron chi connectivity index (χ1n) is 5.56. The summed E-state index contributed by atoms with van der Waals surface area (Å²) >= 11 is 0. The lowest BCUT2D eigenvalue weighted by Crippen LogP contribution is -2.42. The van der Waals surface area contributed by atoms with Crippen LogP contribution in [0.4, 0.5) is 4.39 Å². The second kappa shape index (κ2) is 4.31. The van der Waals surface area contributed by atoms with Crippen LogP contribution in [0.5, 0.6) is 0 Å². The van der Waals surface area contributed by atoms with E-state index in [1.807, 2.05) is 17.8 Å². The van der Waals surface area contributed by atoms with Crippen LogP contribution in [0.1, 0.15) is 25.0 Å². The molecule has 0 saturated carbocycles. The zero-order chi connectivity index (χ0) is 10.7. The Morgan fingerprint density at radius 1 is 1.67 bits per heavy atom. The summed E-state index contributed by atoms with van der Waals surface area (Å²) < 4.78 is 16.0. The molecule has 1 atom stereocenters. The summed E-state index contributed by atoms with van der Waals surface area (Å²) in [6, 6.07) is 1.96. The van der Waals surface area contributed by atoms with Crippen molar-refractivity contribution in [3.63, 3.8) is 0 Å². The Hall–Kier alpha value is -0.900. The minimum Gasteiger partial charge on any atom is -0.314 e. The molecule has 1 fully saturated rings. The monoisotopic (exact) mass is 211 g/mol. The SMILES string of the molecule is Cn1nccc1CCC1(F)CCCNC1. The lowest BCUT2D eigenvalue weighted by Gasteiger charge is -2.30. The Balaban J connectivity index is 1.89. The number of alkyl halides is 1. The molecule has 2 heterocycles. The third-order valence-corrected chi connectivity index (χ3v) is 3.17. The van der Waals surface area contributed by atoms with Crippen molar-refractivity contribution in [3.05, 3.63) is 18.0 Å². The maximum atomic E-state index is 14.2. The largest absolute Gasteiger partial charge is 0.314 e. The average Bonchev–Trinajstić information content (AvgIpc) is 2.62. The number of nitrogens with one attached hydrogen (secondary N) is 1. The van der Waals surface area contributed by atoms with Gasteiger partial charge in [0.1, 0.15) is 5.67 Å². The first-order chi connectivity index (χ1) is 7.20. The molecular formula is C11H18FN3. The lowest BCUT2D eigenvalue weighted by molar-refractivity contribution is 0.111. The minimum atomic E-state index is -1.01. The van der Waals surface area contributed by atoms with Gasteiger partial charge in [-0.05, 0) is 38.3 Å². The van der Waals surface area contributed by atoms with Crippen molar-refractivity contribution in [3.8, 4) is 0 Å². The summed E-state index contributed by atoms with van der Waals surface area (Å²) in [5.41, 5.74) is 0.0975. The fraction of sp³-hybridized carbons (Fsp3) is 0.727. The fourth-order valence-electron chi connectivity index (χ4n) is 2.14. The summed E-state index contributed by atoms with van der Waals surface area (Å²) in [4.78, 5) is 0. The first kappa shape index (κ1) is 10.6. The number of hydrogen-bond acceptors (Lipinski definition) is 2. The van der Waals surface area contributed by atoms with E-state index in [0.29, 0.717) is 19.4 Å². The van der Waals surface area contributed by atoms with Crippen molar-refractivity contribution >= 4 is 0 Å². The number of piperidine rings is 1. The number of hydrogen-bond donors (Lipinski definition) is 1. The predicted molar refractivity (Wildman–Crippen MR) is 57.5 cm³/mol. The molecule has 1 aliphatic heterocycles. The van der Waals surface area contributed by atoms with Crippen LogP contribution in [0.3, 0.4) is 0 Å². The van der Waals surface area contributed by atoms with E-state index in [-0.39, 0.29) is 0 Å². The van der Waals surface area contributed by atoms with Crippen molar-refractivity contribution < 1.29 is 4.39 Å². The molecule has 15 heavy (non-hydrogen) atoms. The highest BCUT2D eigenvalue weighted by Crippen LogP contribution is 2.26. The zero-order valence-electron chi connectivity index (χ0n) is 9.17. The van der Waals surface area contributed by atoms with Gasteiger partial charge in [0.15, 0.2) is 0 Å². The van der Waals surface area contributed by atoms with Gasteiger partial charge in [-0.15, -0.1) is 0 Å². The Morgan fingerprint density at radius 2 is 2.53 bits per heavy atom. The fourth-order valence-corrected chi connectivity index (χ4v) is 2.14. The Labute approximate surface area is 89.7 Å². The summed E-state index contributed by atoms with van der Waals surface area (Å²) in [5.74, 6) is 0. The van der Waals surface area contributed by atoms with Crippen LogP contribution < -0.4 is 5.32 Å². The summed E-state index contributed by atoms with van der Waals surface area (Å²) in [6.45, 7) is 1.46. The number of rotatable bonds is 3. The molecule has 3 nitrogen and oxygen atoms in total. The van der Waals surface area contributed by atoms with Crippen LogP contribution in [0.2, 0.25) is 0 Å². The van der Waals surface area contributed by atoms with Gasteiger partial charge in [0, 0.05) is 25.5 Å². The maximum Gasteiger partial charge on any atom is 0.123 e. The van der Waals surface area contributed by atoms with E-state index in [4.69, 9.17) is 0 Å². The van der Waals surface area contributed by atoms with E-state index in [9.17, 15) is 4.39 Å². The van der Waals surface area contributed by atoms with Crippen molar-refractivity contribution in [1.29, 1.82) is 0 Å². The quantitative estimate of drug-likeness (QED) is 0.820. The van der Waals surface area contributed by atoms with E-state index < -0.39 is 5.67 Å². The molecular weight excluding hydrogens is 193 g/mol. The van der Waals surface area contributed by atoms with E-state index in [0.717, 1.165) is 25.1 Å².